The van der Waals surface area contributed by atoms with Crippen molar-refractivity contribution in [2.75, 3.05) is 20.1 Å². The summed E-state index contributed by atoms with van der Waals surface area (Å²) >= 11 is 0. The molecular weight excluding hydrogens is 333 g/mol. The van der Waals surface area contributed by atoms with Gasteiger partial charge in [0.25, 0.3) is 15.7 Å². The van der Waals surface area contributed by atoms with Crippen molar-refractivity contribution in [1.29, 1.82) is 0 Å². The van der Waals surface area contributed by atoms with Crippen LogP contribution in [0, 0.1) is 0 Å². The highest BCUT2D eigenvalue weighted by molar-refractivity contribution is 7.92. The molecule has 128 valence electrons. The summed E-state index contributed by atoms with van der Waals surface area (Å²) in [7, 11) is -3.62. The van der Waals surface area contributed by atoms with Gasteiger partial charge in [0, 0.05) is 24.7 Å². The lowest BCUT2D eigenvalue weighted by Gasteiger charge is -2.24. The molecule has 1 aliphatic rings. The number of carbonyl (C=O) groups excluding carboxylic acids is 1. The number of hydrogen-bond acceptors (Lipinski definition) is 4. The lowest BCUT2D eigenvalue weighted by molar-refractivity contribution is -0.0436. The number of alkyl halides is 3. The number of nitrogens with one attached hydrogen (secondary N) is 1. The molecule has 5 nitrogen and oxygen atoms in total. The van der Waals surface area contributed by atoms with E-state index in [4.69, 9.17) is 0 Å². The predicted octanol–water partition coefficient (Wildman–Crippen LogP) is 1.80. The Morgan fingerprint density at radius 1 is 1.30 bits per heavy atom. The molecule has 1 atom stereocenters. The number of hydrogen-bond donors (Lipinski definition) is 1. The van der Waals surface area contributed by atoms with Gasteiger partial charge >= 0.3 is 5.51 Å². The molecule has 1 amide bonds. The third-order valence-electron chi connectivity index (χ3n) is 3.79. The Hall–Kier alpha value is -1.61. The summed E-state index contributed by atoms with van der Waals surface area (Å²) in [6.45, 7) is 1.21. The van der Waals surface area contributed by atoms with Crippen LogP contribution in [0.1, 0.15) is 23.2 Å². The fourth-order valence-electron chi connectivity index (χ4n) is 2.63. The Labute approximate surface area is 132 Å². The van der Waals surface area contributed by atoms with Gasteiger partial charge in [0.1, 0.15) is 0 Å². The summed E-state index contributed by atoms with van der Waals surface area (Å²) in [6.07, 6.45) is 1.71. The van der Waals surface area contributed by atoms with E-state index >= 15 is 0 Å². The maximum Gasteiger partial charge on any atom is 0.501 e. The Morgan fingerprint density at radius 3 is 2.43 bits per heavy atom. The molecule has 1 fully saturated rings. The van der Waals surface area contributed by atoms with Crippen LogP contribution < -0.4 is 5.32 Å². The van der Waals surface area contributed by atoms with Gasteiger partial charge in [-0.3, -0.25) is 4.79 Å². The second-order valence-electron chi connectivity index (χ2n) is 5.33. The van der Waals surface area contributed by atoms with Gasteiger partial charge in [0.05, 0.1) is 4.90 Å². The molecule has 0 unspecified atom stereocenters. The summed E-state index contributed by atoms with van der Waals surface area (Å²) in [5.74, 6) is -0.307. The van der Waals surface area contributed by atoms with E-state index in [2.05, 4.69) is 5.32 Å². The molecular formula is C14H17F3N2O3S. The van der Waals surface area contributed by atoms with Gasteiger partial charge in [-0.05, 0) is 44.2 Å². The maximum atomic E-state index is 12.5. The molecule has 9 heteroatoms. The number of likely N-dealkylation sites (N-methyl/N-ethyl adjacent to an activating group) is 1. The Balaban J connectivity index is 2.21. The second-order valence-corrected chi connectivity index (χ2v) is 7.27. The van der Waals surface area contributed by atoms with Crippen LogP contribution in [0.2, 0.25) is 0 Å². The van der Waals surface area contributed by atoms with E-state index in [0.29, 0.717) is 13.1 Å². The summed E-state index contributed by atoms with van der Waals surface area (Å²) in [6, 6.07) is 3.91. The number of sulfone groups is 1. The van der Waals surface area contributed by atoms with Crippen molar-refractivity contribution in [3.63, 3.8) is 0 Å². The Kier molecular flexibility index (Phi) is 5.00. The molecule has 1 N–H and O–H groups in total. The molecule has 0 radical (unpaired) electrons. The smallest absolute Gasteiger partial charge is 0.334 e. The number of carbonyl (C=O) groups is 1. The minimum Gasteiger partial charge on any atom is -0.334 e. The number of rotatable bonds is 4. The second kappa shape index (κ2) is 6.48. The van der Waals surface area contributed by atoms with Gasteiger partial charge in [-0.15, -0.1) is 0 Å². The molecule has 2 rings (SSSR count). The van der Waals surface area contributed by atoms with Crippen LogP contribution in [-0.2, 0) is 9.84 Å². The van der Waals surface area contributed by atoms with Gasteiger partial charge in [-0.1, -0.05) is 0 Å². The third kappa shape index (κ3) is 3.50. The first kappa shape index (κ1) is 17.7. The van der Waals surface area contributed by atoms with Crippen molar-refractivity contribution in [2.24, 2.45) is 0 Å². The van der Waals surface area contributed by atoms with Crippen molar-refractivity contribution in [3.8, 4) is 0 Å². The molecule has 0 spiro atoms. The van der Waals surface area contributed by atoms with Crippen LogP contribution in [0.3, 0.4) is 0 Å². The van der Waals surface area contributed by atoms with Crippen molar-refractivity contribution >= 4 is 15.7 Å². The number of amides is 1. The molecule has 1 saturated heterocycles. The molecule has 1 aromatic carbocycles. The van der Waals surface area contributed by atoms with Gasteiger partial charge < -0.3 is 10.2 Å². The quantitative estimate of drug-likeness (QED) is 0.899. The first-order chi connectivity index (χ1) is 10.7. The highest BCUT2D eigenvalue weighted by Gasteiger charge is 2.46. The number of benzene rings is 1. The van der Waals surface area contributed by atoms with Gasteiger partial charge in [0.2, 0.25) is 0 Å². The van der Waals surface area contributed by atoms with E-state index in [1.54, 1.807) is 11.9 Å². The predicted molar refractivity (Wildman–Crippen MR) is 77.7 cm³/mol. The van der Waals surface area contributed by atoms with Crippen LogP contribution in [0.5, 0.6) is 0 Å². The van der Waals surface area contributed by atoms with E-state index < -0.39 is 20.2 Å². The first-order valence-electron chi connectivity index (χ1n) is 7.05. The van der Waals surface area contributed by atoms with Gasteiger partial charge in [-0.25, -0.2) is 8.42 Å². The molecule has 1 aliphatic heterocycles. The minimum atomic E-state index is -5.39. The molecule has 0 aliphatic carbocycles. The average Bonchev–Trinajstić information content (AvgIpc) is 2.94. The minimum absolute atomic E-state index is 0.0334. The highest BCUT2D eigenvalue weighted by atomic mass is 32.2. The molecule has 23 heavy (non-hydrogen) atoms. The van der Waals surface area contributed by atoms with Crippen LogP contribution >= 0.6 is 0 Å². The topological polar surface area (TPSA) is 66.5 Å². The van der Waals surface area contributed by atoms with Crippen molar-refractivity contribution < 1.29 is 26.4 Å². The van der Waals surface area contributed by atoms with Crippen molar-refractivity contribution in [2.45, 2.75) is 29.3 Å². The molecule has 0 bridgehead atoms. The van der Waals surface area contributed by atoms with Gasteiger partial charge in [0.15, 0.2) is 0 Å². The molecule has 0 aromatic heterocycles. The number of likely N-dealkylation sites (tertiary alicyclic amines) is 1. The number of nitrogens with zero attached hydrogens (tertiary/aromatic N) is 1. The highest BCUT2D eigenvalue weighted by Crippen LogP contribution is 2.30. The van der Waals surface area contributed by atoms with E-state index in [1.807, 2.05) is 0 Å². The van der Waals surface area contributed by atoms with E-state index in [0.717, 1.165) is 37.1 Å². The summed E-state index contributed by atoms with van der Waals surface area (Å²) in [5.41, 5.74) is -5.18. The fourth-order valence-corrected chi connectivity index (χ4v) is 3.39. The zero-order valence-corrected chi connectivity index (χ0v) is 13.2. The normalized spacial score (nSPS) is 19.1. The largest absolute Gasteiger partial charge is 0.501 e. The van der Waals surface area contributed by atoms with Crippen molar-refractivity contribution in [3.05, 3.63) is 29.8 Å². The standard InChI is InChI=1S/C14H17F3N2O3S/c1-18-9-11-3-2-8-19(11)13(20)10-4-6-12(7-5-10)23(21,22)14(15,16)17/h4-7,11,18H,2-3,8-9H2,1H3/t11-/m0/s1. The zero-order valence-electron chi connectivity index (χ0n) is 12.4. The van der Waals surface area contributed by atoms with Crippen LogP contribution in [0.15, 0.2) is 29.2 Å². The molecule has 1 heterocycles. The average molecular weight is 350 g/mol. The summed E-state index contributed by atoms with van der Waals surface area (Å²) < 4.78 is 60.1. The van der Waals surface area contributed by atoms with Crippen LogP contribution in [0.25, 0.3) is 0 Å². The zero-order chi connectivity index (χ0) is 17.3. The Bertz CT molecular complexity index is 672. The van der Waals surface area contributed by atoms with Crippen molar-refractivity contribution in [1.82, 2.24) is 10.2 Å². The Morgan fingerprint density at radius 2 is 1.91 bits per heavy atom. The van der Waals surface area contributed by atoms with Crippen LogP contribution in [-0.4, -0.2) is 50.9 Å². The molecule has 0 saturated carbocycles. The SMILES string of the molecule is CNC[C@@H]1CCCN1C(=O)c1ccc(S(=O)(=O)C(F)(F)F)cc1. The first-order valence-corrected chi connectivity index (χ1v) is 8.54. The fraction of sp³-hybridized carbons (Fsp3) is 0.500. The lowest BCUT2D eigenvalue weighted by atomic mass is 10.1. The summed E-state index contributed by atoms with van der Waals surface area (Å²) in [5, 5.41) is 2.99. The monoisotopic (exact) mass is 350 g/mol. The van der Waals surface area contributed by atoms with Gasteiger partial charge in [-0.2, -0.15) is 13.2 Å². The van der Waals surface area contributed by atoms with Crippen LogP contribution in [0.4, 0.5) is 13.2 Å². The van der Waals surface area contributed by atoms with E-state index in [1.165, 1.54) is 0 Å². The van der Waals surface area contributed by atoms with E-state index in [-0.39, 0.29) is 17.5 Å². The third-order valence-corrected chi connectivity index (χ3v) is 5.30. The maximum absolute atomic E-state index is 12.5. The molecule has 1 aromatic rings. The van der Waals surface area contributed by atoms with E-state index in [9.17, 15) is 26.4 Å². The lowest BCUT2D eigenvalue weighted by Crippen LogP contribution is -2.40. The number of halogens is 3. The summed E-state index contributed by atoms with van der Waals surface area (Å²) in [4.78, 5) is 13.2.